The SMILES string of the molecule is COC1=CC(=O)N(C(=O)C(Cc2ccccc2)N(C)C(=O)C(C(C)C)N(C)C(=O)C(C(C)C)N(C)C)C1Cc1ccccc1. The number of nitrogens with zero attached hydrogens (tertiary/aromatic N) is 4. The molecule has 1 aliphatic heterocycles. The van der Waals surface area contributed by atoms with Gasteiger partial charge in [0.05, 0.1) is 13.2 Å². The second-order valence-electron chi connectivity index (χ2n) is 12.4. The van der Waals surface area contributed by atoms with Crippen LogP contribution in [-0.2, 0) is 36.8 Å². The maximum atomic E-state index is 14.5. The fourth-order valence-corrected chi connectivity index (χ4v) is 6.15. The number of rotatable bonds is 13. The van der Waals surface area contributed by atoms with Gasteiger partial charge in [-0.05, 0) is 37.1 Å². The second kappa shape index (κ2) is 15.1. The van der Waals surface area contributed by atoms with Crippen molar-refractivity contribution in [2.45, 2.75) is 64.7 Å². The van der Waals surface area contributed by atoms with Crippen LogP contribution in [-0.4, -0.2) is 103 Å². The van der Waals surface area contributed by atoms with Crippen LogP contribution in [0.2, 0.25) is 0 Å². The van der Waals surface area contributed by atoms with E-state index in [1.165, 1.54) is 27.9 Å². The van der Waals surface area contributed by atoms with E-state index in [0.717, 1.165) is 11.1 Å². The van der Waals surface area contributed by atoms with E-state index in [1.54, 1.807) is 14.1 Å². The minimum absolute atomic E-state index is 0.0261. The molecule has 0 fully saturated rings. The van der Waals surface area contributed by atoms with Crippen LogP contribution in [0.1, 0.15) is 38.8 Å². The lowest BCUT2D eigenvalue weighted by Gasteiger charge is -2.40. The van der Waals surface area contributed by atoms with Gasteiger partial charge in [-0.3, -0.25) is 29.0 Å². The van der Waals surface area contributed by atoms with Gasteiger partial charge in [0, 0.05) is 33.0 Å². The first-order chi connectivity index (χ1) is 20.8. The van der Waals surface area contributed by atoms with Crippen molar-refractivity contribution in [3.63, 3.8) is 0 Å². The van der Waals surface area contributed by atoms with Gasteiger partial charge >= 0.3 is 0 Å². The van der Waals surface area contributed by atoms with Crippen LogP contribution >= 0.6 is 0 Å². The van der Waals surface area contributed by atoms with E-state index in [4.69, 9.17) is 4.74 Å². The lowest BCUT2D eigenvalue weighted by Crippen LogP contribution is -2.60. The summed E-state index contributed by atoms with van der Waals surface area (Å²) in [5.74, 6) is -1.32. The van der Waals surface area contributed by atoms with Gasteiger partial charge in [0.2, 0.25) is 11.8 Å². The molecule has 2 aromatic carbocycles. The van der Waals surface area contributed by atoms with Gasteiger partial charge in [-0.25, -0.2) is 0 Å². The first-order valence-corrected chi connectivity index (χ1v) is 15.2. The Morgan fingerprint density at radius 1 is 0.773 bits per heavy atom. The van der Waals surface area contributed by atoms with E-state index < -0.39 is 36.0 Å². The molecule has 0 bridgehead atoms. The predicted octanol–water partition coefficient (Wildman–Crippen LogP) is 3.64. The molecule has 0 spiro atoms. The van der Waals surface area contributed by atoms with Gasteiger partial charge in [-0.2, -0.15) is 0 Å². The maximum absolute atomic E-state index is 14.5. The number of amides is 4. The number of hydrogen-bond acceptors (Lipinski definition) is 6. The van der Waals surface area contributed by atoms with E-state index in [2.05, 4.69) is 0 Å². The molecule has 0 saturated heterocycles. The van der Waals surface area contributed by atoms with Crippen LogP contribution in [0.4, 0.5) is 0 Å². The normalized spacial score (nSPS) is 17.0. The summed E-state index contributed by atoms with van der Waals surface area (Å²) in [7, 11) is 8.43. The topological polar surface area (TPSA) is 90.5 Å². The number of methoxy groups -OCH3 is 1. The maximum Gasteiger partial charge on any atom is 0.257 e. The van der Waals surface area contributed by atoms with Crippen molar-refractivity contribution in [1.82, 2.24) is 19.6 Å². The highest BCUT2D eigenvalue weighted by molar-refractivity contribution is 6.07. The fraction of sp³-hybridized carbons (Fsp3) is 0.486. The number of imide groups is 1. The Kier molecular flexibility index (Phi) is 11.9. The number of carbonyl (C=O) groups is 4. The van der Waals surface area contributed by atoms with E-state index in [1.807, 2.05) is 107 Å². The molecule has 4 atom stereocenters. The minimum atomic E-state index is -1.00. The van der Waals surface area contributed by atoms with Crippen molar-refractivity contribution in [3.8, 4) is 0 Å². The third-order valence-electron chi connectivity index (χ3n) is 8.35. The third-order valence-corrected chi connectivity index (χ3v) is 8.35. The van der Waals surface area contributed by atoms with Gasteiger partial charge in [0.1, 0.15) is 23.9 Å². The molecule has 4 unspecified atom stereocenters. The van der Waals surface area contributed by atoms with Crippen LogP contribution in [0.15, 0.2) is 72.5 Å². The molecule has 1 aliphatic rings. The Labute approximate surface area is 262 Å². The Bertz CT molecular complexity index is 1320. The van der Waals surface area contributed by atoms with E-state index in [0.29, 0.717) is 12.2 Å². The van der Waals surface area contributed by atoms with Crippen LogP contribution in [0.3, 0.4) is 0 Å². The van der Waals surface area contributed by atoms with Gasteiger partial charge in [-0.15, -0.1) is 0 Å². The van der Waals surface area contributed by atoms with Crippen molar-refractivity contribution >= 4 is 23.6 Å². The van der Waals surface area contributed by atoms with Crippen molar-refractivity contribution in [1.29, 1.82) is 0 Å². The predicted molar refractivity (Wildman–Crippen MR) is 171 cm³/mol. The van der Waals surface area contributed by atoms with Crippen molar-refractivity contribution < 1.29 is 23.9 Å². The highest BCUT2D eigenvalue weighted by Gasteiger charge is 2.45. The molecule has 0 radical (unpaired) electrons. The Morgan fingerprint density at radius 2 is 1.27 bits per heavy atom. The van der Waals surface area contributed by atoms with E-state index in [9.17, 15) is 19.2 Å². The fourth-order valence-electron chi connectivity index (χ4n) is 6.15. The molecule has 44 heavy (non-hydrogen) atoms. The Hall–Kier alpha value is -3.98. The van der Waals surface area contributed by atoms with Crippen LogP contribution in [0, 0.1) is 11.8 Å². The van der Waals surface area contributed by atoms with Gasteiger partial charge < -0.3 is 14.5 Å². The molecule has 0 N–H and O–H groups in total. The minimum Gasteiger partial charge on any atom is -0.499 e. The average molecular weight is 605 g/mol. The average Bonchev–Trinajstić information content (AvgIpc) is 3.29. The second-order valence-corrected chi connectivity index (χ2v) is 12.4. The lowest BCUT2D eigenvalue weighted by atomic mass is 9.95. The van der Waals surface area contributed by atoms with Crippen LogP contribution in [0.5, 0.6) is 0 Å². The number of benzene rings is 2. The molecule has 0 aromatic heterocycles. The Balaban J connectivity index is 2.01. The number of ether oxygens (including phenoxy) is 1. The molecule has 1 heterocycles. The summed E-state index contributed by atoms with van der Waals surface area (Å²) in [6.07, 6.45) is 1.92. The molecule has 0 saturated carbocycles. The zero-order chi connectivity index (χ0) is 32.7. The van der Waals surface area contributed by atoms with Crippen LogP contribution in [0.25, 0.3) is 0 Å². The summed E-state index contributed by atoms with van der Waals surface area (Å²) in [5.41, 5.74) is 1.78. The summed E-state index contributed by atoms with van der Waals surface area (Å²) < 4.78 is 5.56. The van der Waals surface area contributed by atoms with Crippen molar-refractivity contribution in [2.75, 3.05) is 35.3 Å². The summed E-state index contributed by atoms with van der Waals surface area (Å²) in [5, 5.41) is 0. The van der Waals surface area contributed by atoms with Gasteiger partial charge in [-0.1, -0.05) is 88.4 Å². The first-order valence-electron chi connectivity index (χ1n) is 15.2. The van der Waals surface area contributed by atoms with Gasteiger partial charge in [0.15, 0.2) is 0 Å². The number of hydrogen-bond donors (Lipinski definition) is 0. The number of likely N-dealkylation sites (N-methyl/N-ethyl adjacent to an activating group) is 3. The van der Waals surface area contributed by atoms with Crippen molar-refractivity contribution in [2.24, 2.45) is 11.8 Å². The summed E-state index contributed by atoms with van der Waals surface area (Å²) in [6, 6.07) is 16.1. The molecular formula is C35H48N4O5. The standard InChI is InChI=1S/C35H48N4O5/c1-23(2)31(36(5)6)34(42)38(8)32(24(3)4)35(43)37(7)28(21-26-18-14-11-15-19-26)33(41)39-27(29(44-9)22-30(39)40)20-25-16-12-10-13-17-25/h10-19,22-24,27-28,31-32H,20-21H2,1-9H3. The molecule has 238 valence electrons. The van der Waals surface area contributed by atoms with E-state index in [-0.39, 0.29) is 30.1 Å². The smallest absolute Gasteiger partial charge is 0.257 e. The first kappa shape index (κ1) is 34.5. The quantitative estimate of drug-likeness (QED) is 0.347. The molecule has 2 aromatic rings. The molecular weight excluding hydrogens is 556 g/mol. The Morgan fingerprint density at radius 3 is 1.75 bits per heavy atom. The molecule has 9 nitrogen and oxygen atoms in total. The zero-order valence-electron chi connectivity index (χ0n) is 27.6. The van der Waals surface area contributed by atoms with E-state index >= 15 is 0 Å². The highest BCUT2D eigenvalue weighted by Crippen LogP contribution is 2.27. The van der Waals surface area contributed by atoms with Gasteiger partial charge in [0.25, 0.3) is 11.8 Å². The molecule has 0 aliphatic carbocycles. The molecule has 3 rings (SSSR count). The number of carbonyl (C=O) groups excluding carboxylic acids is 4. The summed E-state index contributed by atoms with van der Waals surface area (Å²) >= 11 is 0. The van der Waals surface area contributed by atoms with Crippen molar-refractivity contribution in [3.05, 3.63) is 83.6 Å². The van der Waals surface area contributed by atoms with Crippen LogP contribution < -0.4 is 0 Å². The lowest BCUT2D eigenvalue weighted by molar-refractivity contribution is -0.155. The third kappa shape index (κ3) is 7.75. The monoisotopic (exact) mass is 604 g/mol. The largest absolute Gasteiger partial charge is 0.499 e. The zero-order valence-corrected chi connectivity index (χ0v) is 27.6. The highest BCUT2D eigenvalue weighted by atomic mass is 16.5. The molecule has 4 amide bonds. The molecule has 9 heteroatoms. The summed E-state index contributed by atoms with van der Waals surface area (Å²) in [4.78, 5) is 61.9. The summed E-state index contributed by atoms with van der Waals surface area (Å²) in [6.45, 7) is 7.74.